The Hall–Kier alpha value is -4.89. The fraction of sp³-hybridized carbons (Fsp3) is 0. The number of hydrogen-bond acceptors (Lipinski definition) is 0. The predicted octanol–water partition coefficient (Wildman–Crippen LogP) is 6.22. The van der Waals surface area contributed by atoms with Crippen LogP contribution < -0.4 is 36.0 Å². The Kier molecular flexibility index (Phi) is 23.5. The van der Waals surface area contributed by atoms with Crippen molar-refractivity contribution in [2.75, 3.05) is 0 Å². The quantitative estimate of drug-likeness (QED) is 0.0637. The van der Waals surface area contributed by atoms with E-state index in [1.165, 1.54) is 31.8 Å². The van der Waals surface area contributed by atoms with Crippen molar-refractivity contribution in [3.63, 3.8) is 0 Å². The summed E-state index contributed by atoms with van der Waals surface area (Å²) < 4.78 is 43.9. The second-order valence-corrected chi connectivity index (χ2v) is 15.7. The van der Waals surface area contributed by atoms with Gasteiger partial charge in [-0.3, -0.25) is 0 Å². The summed E-state index contributed by atoms with van der Waals surface area (Å²) in [5.74, 6) is 0. The van der Waals surface area contributed by atoms with Gasteiger partial charge in [0.2, 0.25) is 0 Å². The van der Waals surface area contributed by atoms with E-state index in [0.717, 1.165) is 0 Å². The molecule has 0 aliphatic heterocycles. The van der Waals surface area contributed by atoms with Crippen molar-refractivity contribution in [3.8, 4) is 0 Å². The van der Waals surface area contributed by atoms with Crippen LogP contribution in [0.15, 0.2) is 182 Å². The molecule has 0 spiro atoms. The van der Waals surface area contributed by atoms with Crippen molar-refractivity contribution in [1.82, 2.24) is 4.17 Å². The molecular formula is C41H30MnNO5P2+. The van der Waals surface area contributed by atoms with Crippen LogP contribution in [0.4, 0.5) is 0 Å². The van der Waals surface area contributed by atoms with Gasteiger partial charge in [-0.1, -0.05) is 109 Å². The molecule has 0 aromatic heterocycles. The normalized spacial score (nSPS) is 9.16. The van der Waals surface area contributed by atoms with Crippen LogP contribution in [0, 0.1) is 33.3 Å². The second-order valence-electron chi connectivity index (χ2n) is 9.37. The minimum Gasteiger partial charge on any atom is -0.148 e. The standard InChI is InChI=1S/C36H30NP2.5CO.Mn/c1-7-19-31(20-8-1)38(32-21-9-2-10-22-32,33-23-11-3-12-24-33)37-39(34-25-13-4-14-26-34,35-27-15-5-16-28-35)36-29-17-6-18-30-36;5*1-2;/h1-30H;;;;;;/q+1;;;;;;. The Morgan fingerprint density at radius 2 is 0.380 bits per heavy atom. The van der Waals surface area contributed by atoms with Gasteiger partial charge in [-0.05, 0) is 72.8 Å². The van der Waals surface area contributed by atoms with Crippen LogP contribution in [0.2, 0.25) is 0 Å². The van der Waals surface area contributed by atoms with Crippen LogP contribution in [0.3, 0.4) is 0 Å². The summed E-state index contributed by atoms with van der Waals surface area (Å²) in [7, 11) is -4.99. The molecule has 6 nitrogen and oxygen atoms in total. The Morgan fingerprint density at radius 1 is 0.260 bits per heavy atom. The van der Waals surface area contributed by atoms with E-state index in [0.29, 0.717) is 0 Å². The molecule has 6 rings (SSSR count). The molecule has 6 aromatic rings. The van der Waals surface area contributed by atoms with E-state index < -0.39 is 14.1 Å². The van der Waals surface area contributed by atoms with Gasteiger partial charge in [0.25, 0.3) is 0 Å². The third-order valence-corrected chi connectivity index (χ3v) is 15.5. The maximum atomic E-state index is 7.50. The van der Waals surface area contributed by atoms with Crippen molar-refractivity contribution >= 4 is 45.9 Å². The summed E-state index contributed by atoms with van der Waals surface area (Å²) in [5, 5.41) is 7.55. The first kappa shape index (κ1) is 45.1. The molecule has 50 heavy (non-hydrogen) atoms. The molecule has 0 atom stereocenters. The topological polar surface area (TPSA) is 114 Å². The molecule has 1 radical (unpaired) electrons. The fourth-order valence-corrected chi connectivity index (χ4v) is 14.8. The van der Waals surface area contributed by atoms with E-state index in [2.05, 4.69) is 215 Å². The minimum absolute atomic E-state index is 0. The number of hydrogen-bond donors (Lipinski definition) is 0. The van der Waals surface area contributed by atoms with E-state index in [1.54, 1.807) is 0 Å². The van der Waals surface area contributed by atoms with Gasteiger partial charge in [-0.15, -0.1) is 4.17 Å². The molecule has 0 bridgehead atoms. The molecule has 6 aromatic carbocycles. The first-order chi connectivity index (χ1) is 24.3. The van der Waals surface area contributed by atoms with E-state index in [-0.39, 0.29) is 17.1 Å². The van der Waals surface area contributed by atoms with Gasteiger partial charge in [-0.2, -0.15) is 0 Å². The third-order valence-electron chi connectivity index (χ3n) is 7.05. The molecule has 0 heterocycles. The van der Waals surface area contributed by atoms with Gasteiger partial charge in [0.05, 0.1) is 31.8 Å². The molecule has 0 amide bonds. The number of benzene rings is 6. The molecule has 0 saturated heterocycles. The van der Waals surface area contributed by atoms with Crippen LogP contribution in [-0.4, -0.2) is 0 Å². The summed E-state index contributed by atoms with van der Waals surface area (Å²) in [6.07, 6.45) is 0. The fourth-order valence-electron chi connectivity index (χ4n) is 5.27. The van der Waals surface area contributed by atoms with E-state index in [4.69, 9.17) is 27.4 Å². The van der Waals surface area contributed by atoms with Gasteiger partial charge in [-0.25, -0.2) is 0 Å². The van der Waals surface area contributed by atoms with Gasteiger partial charge in [0, 0.05) is 17.1 Å². The van der Waals surface area contributed by atoms with Crippen LogP contribution in [0.25, 0.3) is 0 Å². The molecule has 0 saturated carbocycles. The SMILES string of the molecule is [C-]#[O+].[C-]#[O+].[C-]#[O+].[C-]#[O+].[C-]#[O+].[Mn].c1ccc(P(=[N+]=P(c2ccccc2)(c2ccccc2)c2ccccc2)(c2ccccc2)c2ccccc2)cc1. The average molecular weight is 734 g/mol. The van der Waals surface area contributed by atoms with Gasteiger partial charge >= 0.3 is 70.6 Å². The summed E-state index contributed by atoms with van der Waals surface area (Å²) in [6, 6.07) is 65.7. The Morgan fingerprint density at radius 3 is 0.500 bits per heavy atom. The molecular weight excluding hydrogens is 703 g/mol. The van der Waals surface area contributed by atoms with Crippen molar-refractivity contribution in [1.29, 1.82) is 0 Å². The van der Waals surface area contributed by atoms with Gasteiger partial charge in [0.1, 0.15) is 0 Å². The van der Waals surface area contributed by atoms with Crippen LogP contribution in [-0.2, 0) is 40.3 Å². The van der Waals surface area contributed by atoms with Crippen LogP contribution in [0.1, 0.15) is 0 Å². The molecule has 0 N–H and O–H groups in total. The monoisotopic (exact) mass is 733 g/mol. The first-order valence-corrected chi connectivity index (χ1v) is 17.7. The van der Waals surface area contributed by atoms with Crippen molar-refractivity contribution < 1.29 is 40.3 Å². The van der Waals surface area contributed by atoms with E-state index >= 15 is 0 Å². The summed E-state index contributed by atoms with van der Waals surface area (Å²) >= 11 is 0. The van der Waals surface area contributed by atoms with Gasteiger partial charge in [0.15, 0.2) is 0 Å². The summed E-state index contributed by atoms with van der Waals surface area (Å²) in [5.41, 5.74) is 0. The van der Waals surface area contributed by atoms with Crippen molar-refractivity contribution in [2.45, 2.75) is 0 Å². The summed E-state index contributed by atoms with van der Waals surface area (Å²) in [6.45, 7) is 22.5. The van der Waals surface area contributed by atoms with Crippen molar-refractivity contribution in [2.24, 2.45) is 0 Å². The zero-order chi connectivity index (χ0) is 36.4. The molecule has 245 valence electrons. The molecule has 0 aliphatic rings. The van der Waals surface area contributed by atoms with E-state index in [9.17, 15) is 0 Å². The largest absolute Gasteiger partial charge is 0.301 e. The minimum atomic E-state index is -2.50. The maximum absolute atomic E-state index is 7.50. The molecule has 0 fully saturated rings. The molecule has 0 unspecified atom stereocenters. The van der Waals surface area contributed by atoms with Crippen LogP contribution in [0.5, 0.6) is 0 Å². The van der Waals surface area contributed by atoms with Crippen molar-refractivity contribution in [3.05, 3.63) is 215 Å². The number of rotatable bonds is 6. The average Bonchev–Trinajstić information content (AvgIpc) is 3.24. The third kappa shape index (κ3) is 10.6. The Labute approximate surface area is 304 Å². The summed E-state index contributed by atoms with van der Waals surface area (Å²) in [4.78, 5) is 0. The van der Waals surface area contributed by atoms with Crippen LogP contribution >= 0.6 is 14.1 Å². The Bertz CT molecular complexity index is 1650. The molecule has 9 heteroatoms. The second kappa shape index (κ2) is 26.0. The predicted molar refractivity (Wildman–Crippen MR) is 192 cm³/mol. The Balaban J connectivity index is 0.00000201. The van der Waals surface area contributed by atoms with E-state index in [1.807, 2.05) is 0 Å². The first-order valence-electron chi connectivity index (χ1n) is 14.2. The zero-order valence-corrected chi connectivity index (χ0v) is 29.6. The smallest absolute Gasteiger partial charge is 0.148 e. The maximum Gasteiger partial charge on any atom is 0.301 e. The van der Waals surface area contributed by atoms with Gasteiger partial charge < -0.3 is 0 Å². The number of nitrogens with zero attached hydrogens (tertiary/aromatic N) is 1. The molecule has 0 aliphatic carbocycles. The zero-order valence-electron chi connectivity index (χ0n) is 26.6.